The van der Waals surface area contributed by atoms with Crippen LogP contribution in [0.15, 0.2) is 24.3 Å². The SMILES string of the molecule is CCCCCCCCCCC/C=C/CC/C=C/[C@@H](O)[C@H](COP(=O)(O)OCC[N+](C)(C)C)NC(=O)CCCCCCCCCCCCCCCCCC. The van der Waals surface area contributed by atoms with Crippen molar-refractivity contribution < 1.29 is 32.9 Å². The molecule has 3 N–H and O–H groups in total. The lowest BCUT2D eigenvalue weighted by Gasteiger charge is -2.25. The Morgan fingerprint density at radius 2 is 1.04 bits per heavy atom. The molecule has 314 valence electrons. The Bertz CT molecular complexity index is 922. The van der Waals surface area contributed by atoms with Gasteiger partial charge in [-0.25, -0.2) is 4.57 Å². The highest BCUT2D eigenvalue weighted by Gasteiger charge is 2.27. The van der Waals surface area contributed by atoms with E-state index in [1.54, 1.807) is 6.08 Å². The number of quaternary nitrogens is 1. The first-order valence-corrected chi connectivity index (χ1v) is 23.7. The normalized spacial score (nSPS) is 14.6. The van der Waals surface area contributed by atoms with Crippen molar-refractivity contribution in [3.8, 4) is 0 Å². The Balaban J connectivity index is 4.46. The summed E-state index contributed by atoms with van der Waals surface area (Å²) in [6, 6.07) is -0.857. The van der Waals surface area contributed by atoms with Crippen molar-refractivity contribution >= 4 is 13.7 Å². The number of unbranched alkanes of at least 4 members (excludes halogenated alkanes) is 25. The number of amides is 1. The molecule has 0 aliphatic heterocycles. The fourth-order valence-corrected chi connectivity index (χ4v) is 7.09. The van der Waals surface area contributed by atoms with Gasteiger partial charge in [0.2, 0.25) is 5.91 Å². The summed E-state index contributed by atoms with van der Waals surface area (Å²) in [5, 5.41) is 13.8. The van der Waals surface area contributed by atoms with E-state index < -0.39 is 20.0 Å². The van der Waals surface area contributed by atoms with Gasteiger partial charge in [-0.05, 0) is 32.1 Å². The molecule has 0 saturated heterocycles. The van der Waals surface area contributed by atoms with E-state index in [1.807, 2.05) is 27.2 Å². The summed E-state index contributed by atoms with van der Waals surface area (Å²) in [5.41, 5.74) is 0. The number of likely N-dealkylation sites (N-methyl/N-ethyl adjacent to an activating group) is 1. The van der Waals surface area contributed by atoms with Gasteiger partial charge in [0.05, 0.1) is 39.9 Å². The summed E-state index contributed by atoms with van der Waals surface area (Å²) in [5.74, 6) is -0.186. The van der Waals surface area contributed by atoms with Crippen LogP contribution in [-0.2, 0) is 18.4 Å². The van der Waals surface area contributed by atoms with Gasteiger partial charge in [-0.1, -0.05) is 186 Å². The molecular formula is C44H88N2O6P+. The standard InChI is InChI=1S/C44H87N2O6P/c1-6-8-10-12-14-16-18-20-22-24-26-28-30-32-34-36-38-44(48)45-42(41-52-53(49,50)51-40-39-46(3,4)5)43(47)37-35-33-31-29-27-25-23-21-19-17-15-13-11-9-7-2/h27,29,35,37,42-43,47H,6-26,28,30-34,36,38-41H2,1-5H3,(H-,45,48,49,50)/p+1/b29-27+,37-35+/t42-,43+/m0/s1. The molecule has 1 unspecified atom stereocenters. The Morgan fingerprint density at radius 1 is 0.623 bits per heavy atom. The highest BCUT2D eigenvalue weighted by molar-refractivity contribution is 7.47. The van der Waals surface area contributed by atoms with Crippen LogP contribution in [-0.4, -0.2) is 73.4 Å². The average Bonchev–Trinajstić information content (AvgIpc) is 3.10. The van der Waals surface area contributed by atoms with Gasteiger partial charge in [-0.3, -0.25) is 13.8 Å². The summed E-state index contributed by atoms with van der Waals surface area (Å²) >= 11 is 0. The van der Waals surface area contributed by atoms with Crippen molar-refractivity contribution in [1.82, 2.24) is 5.32 Å². The second-order valence-corrected chi connectivity index (χ2v) is 17.9. The summed E-state index contributed by atoms with van der Waals surface area (Å²) < 4.78 is 23.5. The third-order valence-electron chi connectivity index (χ3n) is 9.92. The van der Waals surface area contributed by atoms with Gasteiger partial charge in [0.25, 0.3) is 0 Å². The third-order valence-corrected chi connectivity index (χ3v) is 10.9. The van der Waals surface area contributed by atoms with Crippen LogP contribution in [0, 0.1) is 0 Å². The van der Waals surface area contributed by atoms with Crippen molar-refractivity contribution in [3.63, 3.8) is 0 Å². The Morgan fingerprint density at radius 3 is 1.51 bits per heavy atom. The van der Waals surface area contributed by atoms with Gasteiger partial charge in [0.1, 0.15) is 13.2 Å². The van der Waals surface area contributed by atoms with Crippen molar-refractivity contribution in [1.29, 1.82) is 0 Å². The van der Waals surface area contributed by atoms with E-state index in [0.29, 0.717) is 17.4 Å². The van der Waals surface area contributed by atoms with E-state index in [0.717, 1.165) is 38.5 Å². The number of allylic oxidation sites excluding steroid dienone is 3. The minimum absolute atomic E-state index is 0.0582. The van der Waals surface area contributed by atoms with Gasteiger partial charge in [0, 0.05) is 6.42 Å². The van der Waals surface area contributed by atoms with Crippen LogP contribution < -0.4 is 5.32 Å². The third kappa shape index (κ3) is 39.0. The highest BCUT2D eigenvalue weighted by atomic mass is 31.2. The molecule has 0 aliphatic carbocycles. The van der Waals surface area contributed by atoms with Crippen LogP contribution in [0.5, 0.6) is 0 Å². The smallest absolute Gasteiger partial charge is 0.387 e. The first-order chi connectivity index (χ1) is 25.5. The number of phosphoric acid groups is 1. The first-order valence-electron chi connectivity index (χ1n) is 22.2. The molecule has 0 heterocycles. The second kappa shape index (κ2) is 36.6. The fourth-order valence-electron chi connectivity index (χ4n) is 6.35. The van der Waals surface area contributed by atoms with Gasteiger partial charge in [-0.2, -0.15) is 0 Å². The lowest BCUT2D eigenvalue weighted by atomic mass is 10.0. The molecule has 8 nitrogen and oxygen atoms in total. The average molecular weight is 772 g/mol. The van der Waals surface area contributed by atoms with Crippen LogP contribution in [0.3, 0.4) is 0 Å². The quantitative estimate of drug-likeness (QED) is 0.0248. The molecule has 3 atom stereocenters. The lowest BCUT2D eigenvalue weighted by Crippen LogP contribution is -2.45. The molecule has 0 spiro atoms. The molecule has 0 rings (SSSR count). The topological polar surface area (TPSA) is 105 Å². The maximum atomic E-state index is 12.8. The van der Waals surface area contributed by atoms with E-state index >= 15 is 0 Å². The van der Waals surface area contributed by atoms with Crippen LogP contribution in [0.25, 0.3) is 0 Å². The Labute approximate surface area is 328 Å². The minimum atomic E-state index is -4.34. The van der Waals surface area contributed by atoms with Crippen LogP contribution in [0.1, 0.15) is 200 Å². The number of aliphatic hydroxyl groups is 1. The van der Waals surface area contributed by atoms with Crippen molar-refractivity contribution in [2.24, 2.45) is 0 Å². The van der Waals surface area contributed by atoms with E-state index in [1.165, 1.54) is 141 Å². The van der Waals surface area contributed by atoms with Crippen molar-refractivity contribution in [3.05, 3.63) is 24.3 Å². The number of carbonyl (C=O) groups excluding carboxylic acids is 1. The predicted molar refractivity (Wildman–Crippen MR) is 226 cm³/mol. The number of aliphatic hydroxyl groups excluding tert-OH is 1. The highest BCUT2D eigenvalue weighted by Crippen LogP contribution is 2.43. The summed E-state index contributed by atoms with van der Waals surface area (Å²) in [6.07, 6.45) is 42.4. The van der Waals surface area contributed by atoms with Gasteiger partial charge in [0.15, 0.2) is 0 Å². The molecule has 9 heteroatoms. The van der Waals surface area contributed by atoms with Gasteiger partial charge in [-0.15, -0.1) is 0 Å². The van der Waals surface area contributed by atoms with Crippen molar-refractivity contribution in [2.75, 3.05) is 40.9 Å². The number of hydrogen-bond acceptors (Lipinski definition) is 5. The molecule has 0 fully saturated rings. The molecule has 0 bridgehead atoms. The molecule has 0 saturated carbocycles. The second-order valence-electron chi connectivity index (χ2n) is 16.4. The zero-order valence-corrected chi connectivity index (χ0v) is 36.4. The number of rotatable bonds is 40. The molecule has 0 radical (unpaired) electrons. The van der Waals surface area contributed by atoms with E-state index in [2.05, 4.69) is 31.3 Å². The van der Waals surface area contributed by atoms with Crippen molar-refractivity contribution in [2.45, 2.75) is 212 Å². The molecule has 53 heavy (non-hydrogen) atoms. The minimum Gasteiger partial charge on any atom is -0.387 e. The first kappa shape index (κ1) is 52.0. The zero-order valence-electron chi connectivity index (χ0n) is 35.5. The number of nitrogens with zero attached hydrogens (tertiary/aromatic N) is 1. The Kier molecular flexibility index (Phi) is 35.9. The maximum absolute atomic E-state index is 12.8. The van der Waals surface area contributed by atoms with Gasteiger partial charge < -0.3 is 19.8 Å². The number of nitrogens with one attached hydrogen (secondary N) is 1. The number of phosphoric ester groups is 1. The molecule has 0 aliphatic rings. The molecule has 1 amide bonds. The predicted octanol–water partition coefficient (Wildman–Crippen LogP) is 12.1. The summed E-state index contributed by atoms with van der Waals surface area (Å²) in [6.45, 7) is 4.79. The molecular weight excluding hydrogens is 683 g/mol. The van der Waals surface area contributed by atoms with Crippen LogP contribution >= 0.6 is 7.82 Å². The summed E-state index contributed by atoms with van der Waals surface area (Å²) in [7, 11) is 1.56. The number of hydrogen-bond donors (Lipinski definition) is 3. The fraction of sp³-hybridized carbons (Fsp3) is 0.886. The largest absolute Gasteiger partial charge is 0.472 e. The zero-order chi connectivity index (χ0) is 39.3. The van der Waals surface area contributed by atoms with Crippen LogP contribution in [0.2, 0.25) is 0 Å². The Hall–Kier alpha value is -1.02. The molecule has 0 aromatic rings. The monoisotopic (exact) mass is 772 g/mol. The van der Waals surface area contributed by atoms with Crippen LogP contribution in [0.4, 0.5) is 0 Å². The summed E-state index contributed by atoms with van der Waals surface area (Å²) in [4.78, 5) is 23.1. The van der Waals surface area contributed by atoms with E-state index in [-0.39, 0.29) is 19.1 Å². The van der Waals surface area contributed by atoms with E-state index in [4.69, 9.17) is 9.05 Å². The van der Waals surface area contributed by atoms with Gasteiger partial charge >= 0.3 is 7.82 Å². The number of carbonyl (C=O) groups is 1. The molecule has 0 aromatic heterocycles. The lowest BCUT2D eigenvalue weighted by molar-refractivity contribution is -0.870. The maximum Gasteiger partial charge on any atom is 0.472 e. The molecule has 0 aromatic carbocycles. The van der Waals surface area contributed by atoms with E-state index in [9.17, 15) is 19.4 Å².